The van der Waals surface area contributed by atoms with Crippen LogP contribution in [0.4, 0.5) is 13.2 Å². The van der Waals surface area contributed by atoms with E-state index in [1.54, 1.807) is 6.07 Å². The number of rotatable bonds is 3. The molecule has 0 aromatic heterocycles. The molecule has 158 valence electrons. The van der Waals surface area contributed by atoms with E-state index < -0.39 is 26.5 Å². The van der Waals surface area contributed by atoms with E-state index in [0.29, 0.717) is 12.8 Å². The largest absolute Gasteiger partial charge is 0.534 e. The molecule has 3 atom stereocenters. The molecule has 0 aliphatic heterocycles. The minimum atomic E-state index is -5.74. The molecule has 28 heavy (non-hydrogen) atoms. The molecule has 1 fully saturated rings. The van der Waals surface area contributed by atoms with E-state index >= 15 is 0 Å². The third-order valence-corrected chi connectivity index (χ3v) is 7.45. The Hall–Kier alpha value is -1.77. The summed E-state index contributed by atoms with van der Waals surface area (Å²) in [6.07, 6.45) is 3.56. The van der Waals surface area contributed by atoms with Gasteiger partial charge in [-0.2, -0.15) is 21.6 Å². The molecule has 0 N–H and O–H groups in total. The Labute approximate surface area is 163 Å². The normalized spacial score (nSPS) is 30.1. The van der Waals surface area contributed by atoms with Crippen molar-refractivity contribution in [2.45, 2.75) is 56.9 Å². The first-order chi connectivity index (χ1) is 12.8. The first-order valence-electron chi connectivity index (χ1n) is 9.08. The number of carbonyl (C=O) groups is 1. The Bertz CT molecular complexity index is 902. The standard InChI is InChI=1S/C19H23F3O5S.H2/c1-17-9-4-10-18(2,16(23)26-3)15(17)8-6-12-5-7-13(11-14(12)17)27-28(24,25)19(20,21)22;/h5,7,11,15H,4,6,8-10H2,1-3H3;1H/t15?,17-,18?;/m1./s1. The van der Waals surface area contributed by atoms with Crippen LogP contribution in [-0.2, 0) is 31.5 Å². The second-order valence-corrected chi connectivity index (χ2v) is 9.61. The number of methoxy groups -OCH3 is 1. The minimum Gasteiger partial charge on any atom is -0.469 e. The van der Waals surface area contributed by atoms with Crippen LogP contribution in [0.2, 0.25) is 0 Å². The summed E-state index contributed by atoms with van der Waals surface area (Å²) in [6, 6.07) is 4.24. The van der Waals surface area contributed by atoms with Crippen molar-refractivity contribution in [1.82, 2.24) is 0 Å². The fourth-order valence-corrected chi connectivity index (χ4v) is 5.59. The molecule has 0 amide bonds. The third-order valence-electron chi connectivity index (χ3n) is 6.47. The van der Waals surface area contributed by atoms with E-state index in [0.717, 1.165) is 30.4 Å². The van der Waals surface area contributed by atoms with Crippen LogP contribution >= 0.6 is 0 Å². The molecular formula is C19H25F3O5S. The number of carbonyl (C=O) groups excluding carboxylic acids is 1. The number of fused-ring (bicyclic) bond motifs is 3. The van der Waals surface area contributed by atoms with Crippen molar-refractivity contribution in [3.05, 3.63) is 29.3 Å². The molecule has 1 aromatic carbocycles. The van der Waals surface area contributed by atoms with Crippen molar-refractivity contribution in [1.29, 1.82) is 0 Å². The molecule has 0 radical (unpaired) electrons. The topological polar surface area (TPSA) is 69.7 Å². The van der Waals surface area contributed by atoms with Crippen molar-refractivity contribution < 1.29 is 36.7 Å². The van der Waals surface area contributed by atoms with E-state index in [1.807, 2.05) is 13.8 Å². The molecule has 0 heterocycles. The number of esters is 1. The molecule has 1 saturated carbocycles. The number of halogens is 3. The van der Waals surface area contributed by atoms with Gasteiger partial charge in [0, 0.05) is 1.43 Å². The summed E-state index contributed by atoms with van der Waals surface area (Å²) in [4.78, 5) is 12.5. The van der Waals surface area contributed by atoms with Crippen LogP contribution in [0.3, 0.4) is 0 Å². The fourth-order valence-electron chi connectivity index (χ4n) is 5.14. The van der Waals surface area contributed by atoms with E-state index in [-0.39, 0.29) is 19.1 Å². The van der Waals surface area contributed by atoms with Gasteiger partial charge in [0.25, 0.3) is 0 Å². The van der Waals surface area contributed by atoms with E-state index in [2.05, 4.69) is 4.18 Å². The molecule has 0 saturated heterocycles. The summed E-state index contributed by atoms with van der Waals surface area (Å²) in [6.45, 7) is 3.86. The second kappa shape index (κ2) is 6.64. The predicted octanol–water partition coefficient (Wildman–Crippen LogP) is 4.34. The van der Waals surface area contributed by atoms with Crippen molar-refractivity contribution in [3.63, 3.8) is 0 Å². The fraction of sp³-hybridized carbons (Fsp3) is 0.632. The maximum atomic E-state index is 12.7. The highest BCUT2D eigenvalue weighted by Crippen LogP contribution is 2.58. The Morgan fingerprint density at radius 3 is 2.54 bits per heavy atom. The van der Waals surface area contributed by atoms with E-state index in [1.165, 1.54) is 19.2 Å². The Kier molecular flexibility index (Phi) is 4.97. The second-order valence-electron chi connectivity index (χ2n) is 8.07. The van der Waals surface area contributed by atoms with Gasteiger partial charge in [-0.15, -0.1) is 0 Å². The molecule has 5 nitrogen and oxygen atoms in total. The van der Waals surface area contributed by atoms with Crippen molar-refractivity contribution in [2.24, 2.45) is 11.3 Å². The first-order valence-corrected chi connectivity index (χ1v) is 10.5. The maximum Gasteiger partial charge on any atom is 0.534 e. The van der Waals surface area contributed by atoms with Crippen LogP contribution in [0.1, 0.15) is 52.1 Å². The van der Waals surface area contributed by atoms with Gasteiger partial charge in [0.2, 0.25) is 0 Å². The van der Waals surface area contributed by atoms with Crippen LogP contribution in [-0.4, -0.2) is 27.0 Å². The summed E-state index contributed by atoms with van der Waals surface area (Å²) < 4.78 is 70.1. The average Bonchev–Trinajstić information content (AvgIpc) is 2.60. The van der Waals surface area contributed by atoms with Gasteiger partial charge in [-0.1, -0.05) is 19.4 Å². The molecular weight excluding hydrogens is 397 g/mol. The van der Waals surface area contributed by atoms with Gasteiger partial charge in [0.15, 0.2) is 0 Å². The number of alkyl halides is 3. The smallest absolute Gasteiger partial charge is 0.469 e. The van der Waals surface area contributed by atoms with Crippen molar-refractivity contribution in [3.8, 4) is 5.75 Å². The lowest BCUT2D eigenvalue weighted by Crippen LogP contribution is -2.52. The Morgan fingerprint density at radius 1 is 1.25 bits per heavy atom. The van der Waals surface area contributed by atoms with Gasteiger partial charge in [-0.3, -0.25) is 4.79 Å². The molecule has 3 rings (SSSR count). The molecule has 2 aliphatic rings. The average molecular weight is 422 g/mol. The highest BCUT2D eigenvalue weighted by Gasteiger charge is 2.56. The summed E-state index contributed by atoms with van der Waals surface area (Å²) in [5.74, 6) is -0.731. The van der Waals surface area contributed by atoms with Gasteiger partial charge >= 0.3 is 21.6 Å². The van der Waals surface area contributed by atoms with Crippen LogP contribution in [0.15, 0.2) is 18.2 Å². The molecule has 2 unspecified atom stereocenters. The zero-order valence-corrected chi connectivity index (χ0v) is 16.7. The van der Waals surface area contributed by atoms with Crippen LogP contribution in [0, 0.1) is 11.3 Å². The zero-order valence-electron chi connectivity index (χ0n) is 15.9. The van der Waals surface area contributed by atoms with Gasteiger partial charge < -0.3 is 8.92 Å². The highest BCUT2D eigenvalue weighted by molar-refractivity contribution is 7.88. The molecule has 9 heteroatoms. The maximum absolute atomic E-state index is 12.7. The number of benzene rings is 1. The number of hydrogen-bond acceptors (Lipinski definition) is 5. The van der Waals surface area contributed by atoms with Gasteiger partial charge in [0.1, 0.15) is 5.75 Å². The van der Waals surface area contributed by atoms with Crippen LogP contribution in [0.25, 0.3) is 0 Å². The lowest BCUT2D eigenvalue weighted by molar-refractivity contribution is -0.161. The summed E-state index contributed by atoms with van der Waals surface area (Å²) in [7, 11) is -4.39. The first kappa shape index (κ1) is 21.0. The molecule has 0 spiro atoms. The lowest BCUT2D eigenvalue weighted by Gasteiger charge is -2.54. The van der Waals surface area contributed by atoms with Crippen LogP contribution in [0.5, 0.6) is 5.75 Å². The predicted molar refractivity (Wildman–Crippen MR) is 97.3 cm³/mol. The molecule has 2 aliphatic carbocycles. The van der Waals surface area contributed by atoms with Gasteiger partial charge in [0.05, 0.1) is 12.5 Å². The highest BCUT2D eigenvalue weighted by atomic mass is 32.2. The summed E-state index contributed by atoms with van der Waals surface area (Å²) in [5, 5.41) is 0. The number of hydrogen-bond donors (Lipinski definition) is 0. The summed E-state index contributed by atoms with van der Waals surface area (Å²) >= 11 is 0. The lowest BCUT2D eigenvalue weighted by atomic mass is 9.50. The SMILES string of the molecule is COC(=O)C1(C)CCC[C@]2(C)c3cc(OS(=O)(=O)C(F)(F)F)ccc3CCC12.[HH]. The monoisotopic (exact) mass is 422 g/mol. The van der Waals surface area contributed by atoms with Crippen LogP contribution < -0.4 is 4.18 Å². The third kappa shape index (κ3) is 3.17. The van der Waals surface area contributed by atoms with Gasteiger partial charge in [-0.25, -0.2) is 0 Å². The summed E-state index contributed by atoms with van der Waals surface area (Å²) in [5.41, 5.74) is -5.01. The quantitative estimate of drug-likeness (QED) is 0.412. The van der Waals surface area contributed by atoms with Crippen molar-refractivity contribution >= 4 is 16.1 Å². The van der Waals surface area contributed by atoms with E-state index in [4.69, 9.17) is 4.74 Å². The number of aryl methyl sites for hydroxylation is 1. The number of ether oxygens (including phenoxy) is 1. The Balaban J connectivity index is 0.00000300. The molecule has 0 bridgehead atoms. The van der Waals surface area contributed by atoms with Crippen molar-refractivity contribution in [2.75, 3.05) is 7.11 Å². The minimum absolute atomic E-state index is 0. The zero-order chi connectivity index (χ0) is 21.0. The van der Waals surface area contributed by atoms with E-state index in [9.17, 15) is 26.4 Å². The van der Waals surface area contributed by atoms with Gasteiger partial charge in [-0.05, 0) is 67.2 Å². The molecule has 1 aromatic rings. The Morgan fingerprint density at radius 2 is 1.93 bits per heavy atom.